The SMILES string of the molecule is O=C1S/C(=C\c2ccc(O)c(Cl)c2)C(=O)N1c1cccc(Cl)c1. The second-order valence-corrected chi connectivity index (χ2v) is 6.54. The van der Waals surface area contributed by atoms with E-state index in [0.29, 0.717) is 16.3 Å². The molecule has 23 heavy (non-hydrogen) atoms. The van der Waals surface area contributed by atoms with Gasteiger partial charge in [0.15, 0.2) is 0 Å². The van der Waals surface area contributed by atoms with Crippen molar-refractivity contribution in [3.63, 3.8) is 0 Å². The largest absolute Gasteiger partial charge is 0.506 e. The van der Waals surface area contributed by atoms with Crippen LogP contribution < -0.4 is 4.90 Å². The summed E-state index contributed by atoms with van der Waals surface area (Å²) in [5.74, 6) is -0.470. The van der Waals surface area contributed by atoms with Crippen molar-refractivity contribution in [1.82, 2.24) is 0 Å². The molecule has 4 nitrogen and oxygen atoms in total. The molecule has 0 radical (unpaired) electrons. The van der Waals surface area contributed by atoms with Crippen molar-refractivity contribution in [2.75, 3.05) is 4.90 Å². The summed E-state index contributed by atoms with van der Waals surface area (Å²) >= 11 is 12.6. The molecule has 1 fully saturated rings. The molecule has 0 atom stereocenters. The molecule has 1 saturated heterocycles. The summed E-state index contributed by atoms with van der Waals surface area (Å²) in [6.07, 6.45) is 1.56. The van der Waals surface area contributed by atoms with Crippen molar-refractivity contribution in [1.29, 1.82) is 0 Å². The van der Waals surface area contributed by atoms with E-state index in [1.54, 1.807) is 36.4 Å². The van der Waals surface area contributed by atoms with Gasteiger partial charge in [0.1, 0.15) is 5.75 Å². The van der Waals surface area contributed by atoms with Crippen molar-refractivity contribution >= 4 is 57.9 Å². The first-order valence-corrected chi connectivity index (χ1v) is 8.05. The number of aromatic hydroxyl groups is 1. The van der Waals surface area contributed by atoms with Gasteiger partial charge in [-0.3, -0.25) is 9.59 Å². The van der Waals surface area contributed by atoms with E-state index in [1.165, 1.54) is 12.1 Å². The van der Waals surface area contributed by atoms with Crippen LogP contribution >= 0.6 is 35.0 Å². The minimum Gasteiger partial charge on any atom is -0.506 e. The first-order chi connectivity index (χ1) is 11.0. The Bertz CT molecular complexity index is 851. The van der Waals surface area contributed by atoms with Crippen LogP contribution in [0.4, 0.5) is 10.5 Å². The number of thioether (sulfide) groups is 1. The number of hydrogen-bond acceptors (Lipinski definition) is 4. The Morgan fingerprint density at radius 3 is 2.57 bits per heavy atom. The molecular formula is C16H9Cl2NO3S. The fourth-order valence-electron chi connectivity index (χ4n) is 2.07. The number of halogens is 2. The molecule has 0 aliphatic carbocycles. The van der Waals surface area contributed by atoms with Crippen LogP contribution in [0.15, 0.2) is 47.4 Å². The Kier molecular flexibility index (Phi) is 4.35. The molecule has 0 aromatic heterocycles. The molecule has 0 bridgehead atoms. The summed E-state index contributed by atoms with van der Waals surface area (Å²) in [5.41, 5.74) is 1.04. The number of carbonyl (C=O) groups excluding carboxylic acids is 2. The molecular weight excluding hydrogens is 357 g/mol. The van der Waals surface area contributed by atoms with E-state index in [-0.39, 0.29) is 15.7 Å². The maximum Gasteiger partial charge on any atom is 0.298 e. The van der Waals surface area contributed by atoms with E-state index in [0.717, 1.165) is 16.7 Å². The van der Waals surface area contributed by atoms with E-state index < -0.39 is 11.1 Å². The maximum atomic E-state index is 12.5. The molecule has 1 N–H and O–H groups in total. The van der Waals surface area contributed by atoms with Crippen molar-refractivity contribution < 1.29 is 14.7 Å². The van der Waals surface area contributed by atoms with Gasteiger partial charge in [-0.2, -0.15) is 0 Å². The van der Waals surface area contributed by atoms with Crippen molar-refractivity contribution in [2.24, 2.45) is 0 Å². The molecule has 2 aromatic rings. The van der Waals surface area contributed by atoms with Crippen LogP contribution in [0.1, 0.15) is 5.56 Å². The lowest BCUT2D eigenvalue weighted by molar-refractivity contribution is -0.113. The van der Waals surface area contributed by atoms with Gasteiger partial charge in [0.25, 0.3) is 11.1 Å². The molecule has 0 spiro atoms. The average molecular weight is 366 g/mol. The van der Waals surface area contributed by atoms with Gasteiger partial charge < -0.3 is 5.11 Å². The molecule has 2 aromatic carbocycles. The second kappa shape index (κ2) is 6.28. The summed E-state index contributed by atoms with van der Waals surface area (Å²) in [7, 11) is 0. The Hall–Kier alpha value is -1.95. The Morgan fingerprint density at radius 2 is 1.87 bits per heavy atom. The number of phenols is 1. The highest BCUT2D eigenvalue weighted by Gasteiger charge is 2.36. The lowest BCUT2D eigenvalue weighted by Crippen LogP contribution is -2.27. The number of benzene rings is 2. The quantitative estimate of drug-likeness (QED) is 0.765. The zero-order valence-electron chi connectivity index (χ0n) is 11.5. The lowest BCUT2D eigenvalue weighted by Gasteiger charge is -2.12. The van der Waals surface area contributed by atoms with Gasteiger partial charge in [0.05, 0.1) is 15.6 Å². The van der Waals surface area contributed by atoms with Crippen molar-refractivity contribution in [2.45, 2.75) is 0 Å². The first kappa shape index (κ1) is 15.9. The van der Waals surface area contributed by atoms with Gasteiger partial charge in [0, 0.05) is 5.02 Å². The summed E-state index contributed by atoms with van der Waals surface area (Å²) in [5, 5.41) is 9.64. The molecule has 0 saturated carbocycles. The van der Waals surface area contributed by atoms with E-state index in [4.69, 9.17) is 23.2 Å². The molecule has 2 amide bonds. The number of nitrogens with zero attached hydrogens (tertiary/aromatic N) is 1. The number of phenolic OH excluding ortho intramolecular Hbond substituents is 1. The molecule has 1 aliphatic heterocycles. The third-order valence-electron chi connectivity index (χ3n) is 3.13. The lowest BCUT2D eigenvalue weighted by atomic mass is 10.2. The van der Waals surface area contributed by atoms with Crippen LogP contribution in [0.2, 0.25) is 10.0 Å². The molecule has 7 heteroatoms. The van der Waals surface area contributed by atoms with Crippen molar-refractivity contribution in [3.8, 4) is 5.75 Å². The van der Waals surface area contributed by atoms with E-state index in [9.17, 15) is 14.7 Å². The van der Waals surface area contributed by atoms with Gasteiger partial charge >= 0.3 is 0 Å². The van der Waals surface area contributed by atoms with Crippen LogP contribution in [0.5, 0.6) is 5.75 Å². The van der Waals surface area contributed by atoms with Gasteiger partial charge in [-0.15, -0.1) is 0 Å². The summed E-state index contributed by atoms with van der Waals surface area (Å²) < 4.78 is 0. The van der Waals surface area contributed by atoms with Gasteiger partial charge in [0.2, 0.25) is 0 Å². The third kappa shape index (κ3) is 3.22. The normalized spacial score (nSPS) is 16.4. The first-order valence-electron chi connectivity index (χ1n) is 6.48. The molecule has 1 heterocycles. The maximum absolute atomic E-state index is 12.5. The number of hydrogen-bond donors (Lipinski definition) is 1. The highest BCUT2D eigenvalue weighted by molar-refractivity contribution is 8.19. The smallest absolute Gasteiger partial charge is 0.298 e. The minimum atomic E-state index is -0.425. The van der Waals surface area contributed by atoms with E-state index in [1.807, 2.05) is 0 Å². The van der Waals surface area contributed by atoms with Gasteiger partial charge in [-0.1, -0.05) is 35.3 Å². The van der Waals surface area contributed by atoms with Crippen LogP contribution in [-0.2, 0) is 4.79 Å². The fraction of sp³-hybridized carbons (Fsp3) is 0. The third-order valence-corrected chi connectivity index (χ3v) is 4.54. The highest BCUT2D eigenvalue weighted by Crippen LogP contribution is 2.37. The number of amides is 2. The predicted octanol–water partition coefficient (Wildman–Crippen LogP) is 4.94. The number of rotatable bonds is 2. The van der Waals surface area contributed by atoms with Gasteiger partial charge in [-0.05, 0) is 53.7 Å². The average Bonchev–Trinajstić information content (AvgIpc) is 2.77. The number of anilines is 1. The molecule has 1 aliphatic rings. The monoisotopic (exact) mass is 365 g/mol. The molecule has 3 rings (SSSR count). The Morgan fingerprint density at radius 1 is 1.09 bits per heavy atom. The van der Waals surface area contributed by atoms with Gasteiger partial charge in [-0.25, -0.2) is 4.90 Å². The Balaban J connectivity index is 1.94. The van der Waals surface area contributed by atoms with Crippen LogP contribution in [0.25, 0.3) is 6.08 Å². The van der Waals surface area contributed by atoms with Crippen LogP contribution in [0, 0.1) is 0 Å². The van der Waals surface area contributed by atoms with Crippen LogP contribution in [0.3, 0.4) is 0 Å². The highest BCUT2D eigenvalue weighted by atomic mass is 35.5. The zero-order chi connectivity index (χ0) is 16.6. The predicted molar refractivity (Wildman–Crippen MR) is 93.0 cm³/mol. The number of carbonyl (C=O) groups is 2. The standard InChI is InChI=1S/C16H9Cl2NO3S/c17-10-2-1-3-11(8-10)19-15(21)14(23-16(19)22)7-9-4-5-13(20)12(18)6-9/h1-8,20H/b14-7-. The summed E-state index contributed by atoms with van der Waals surface area (Å²) in [6, 6.07) is 11.1. The Labute approximate surface area is 146 Å². The zero-order valence-corrected chi connectivity index (χ0v) is 13.8. The van der Waals surface area contributed by atoms with Crippen LogP contribution in [-0.4, -0.2) is 16.3 Å². The summed E-state index contributed by atoms with van der Waals surface area (Å²) in [6.45, 7) is 0. The second-order valence-electron chi connectivity index (χ2n) is 4.71. The van der Waals surface area contributed by atoms with Crippen molar-refractivity contribution in [3.05, 3.63) is 63.0 Å². The summed E-state index contributed by atoms with van der Waals surface area (Å²) in [4.78, 5) is 26.0. The minimum absolute atomic E-state index is 0.0455. The molecule has 116 valence electrons. The van der Waals surface area contributed by atoms with E-state index in [2.05, 4.69) is 0 Å². The fourth-order valence-corrected chi connectivity index (χ4v) is 3.28. The van der Waals surface area contributed by atoms with E-state index >= 15 is 0 Å². The topological polar surface area (TPSA) is 57.6 Å². The number of imide groups is 1. The molecule has 0 unspecified atom stereocenters.